The van der Waals surface area contributed by atoms with Gasteiger partial charge in [0, 0.05) is 4.75 Å². The maximum Gasteiger partial charge on any atom is 0.133 e. The van der Waals surface area contributed by atoms with E-state index in [0.717, 1.165) is 0 Å². The first-order valence-corrected chi connectivity index (χ1v) is 5.08. The van der Waals surface area contributed by atoms with Crippen LogP contribution in [0.4, 0.5) is 0 Å². The summed E-state index contributed by atoms with van der Waals surface area (Å²) in [5, 5.41) is 10.8. The molecule has 0 saturated heterocycles. The number of hydrogen-bond acceptors (Lipinski definition) is 2. The lowest BCUT2D eigenvalue weighted by atomic mass is 9.81. The van der Waals surface area contributed by atoms with Crippen molar-refractivity contribution in [3.05, 3.63) is 0 Å². The number of nitrogens with zero attached hydrogens (tertiary/aromatic N) is 1. The van der Waals surface area contributed by atoms with Crippen LogP contribution in [-0.2, 0) is 0 Å². The molecule has 0 aromatic carbocycles. The first-order chi connectivity index (χ1) is 5.19. The third-order valence-corrected chi connectivity index (χ3v) is 4.05. The van der Waals surface area contributed by atoms with E-state index in [-0.39, 0.29) is 4.75 Å². The summed E-state index contributed by atoms with van der Waals surface area (Å²) in [6.07, 6.45) is 5.16. The van der Waals surface area contributed by atoms with Crippen LogP contribution in [0.5, 0.6) is 0 Å². The molecule has 62 valence electrons. The molecule has 1 nitrogen and oxygen atoms in total. The van der Waals surface area contributed by atoms with Gasteiger partial charge in [-0.3, -0.25) is 0 Å². The molecule has 1 fully saturated rings. The Morgan fingerprint density at radius 2 is 2.27 bits per heavy atom. The molecule has 0 aromatic heterocycles. The van der Waals surface area contributed by atoms with E-state index in [2.05, 4.69) is 19.2 Å². The fourth-order valence-corrected chi connectivity index (χ4v) is 2.51. The zero-order valence-electron chi connectivity index (χ0n) is 7.26. The first-order valence-electron chi connectivity index (χ1n) is 4.26. The summed E-state index contributed by atoms with van der Waals surface area (Å²) in [6, 6.07) is 0. The Balaban J connectivity index is 2.58. The van der Waals surface area contributed by atoms with Crippen molar-refractivity contribution >= 4 is 11.8 Å². The van der Waals surface area contributed by atoms with Crippen LogP contribution in [0.2, 0.25) is 0 Å². The number of thiocyanates is 1. The second kappa shape index (κ2) is 3.49. The number of rotatable bonds is 1. The summed E-state index contributed by atoms with van der Waals surface area (Å²) in [5.74, 6) is 0.709. The molecular formula is C9H15NS. The molecule has 0 aromatic rings. The molecule has 1 rings (SSSR count). The average Bonchev–Trinajstić information content (AvgIpc) is 1.96. The van der Waals surface area contributed by atoms with Crippen molar-refractivity contribution in [3.8, 4) is 5.40 Å². The summed E-state index contributed by atoms with van der Waals surface area (Å²) in [6.45, 7) is 4.49. The maximum atomic E-state index is 8.61. The van der Waals surface area contributed by atoms with Gasteiger partial charge in [0.2, 0.25) is 0 Å². The molecule has 1 saturated carbocycles. The lowest BCUT2D eigenvalue weighted by Crippen LogP contribution is -2.31. The monoisotopic (exact) mass is 169 g/mol. The minimum absolute atomic E-state index is 0.243. The highest BCUT2D eigenvalue weighted by molar-refractivity contribution is 8.05. The predicted molar refractivity (Wildman–Crippen MR) is 49.2 cm³/mol. The molecule has 11 heavy (non-hydrogen) atoms. The second-order valence-electron chi connectivity index (χ2n) is 3.65. The van der Waals surface area contributed by atoms with Crippen LogP contribution in [-0.4, -0.2) is 4.75 Å². The molecule has 2 unspecified atom stereocenters. The Morgan fingerprint density at radius 1 is 1.55 bits per heavy atom. The van der Waals surface area contributed by atoms with Gasteiger partial charge in [0.05, 0.1) is 0 Å². The molecule has 1 aliphatic rings. The fraction of sp³-hybridized carbons (Fsp3) is 0.889. The predicted octanol–water partition coefficient (Wildman–Crippen LogP) is 3.17. The molecule has 0 N–H and O–H groups in total. The van der Waals surface area contributed by atoms with Gasteiger partial charge in [-0.1, -0.05) is 19.8 Å². The van der Waals surface area contributed by atoms with E-state index in [1.54, 1.807) is 0 Å². The third kappa shape index (κ3) is 1.90. The van der Waals surface area contributed by atoms with Crippen LogP contribution in [0.25, 0.3) is 0 Å². The molecule has 1 aliphatic carbocycles. The van der Waals surface area contributed by atoms with Gasteiger partial charge in [-0.25, -0.2) is 0 Å². The molecule has 2 atom stereocenters. The van der Waals surface area contributed by atoms with Crippen molar-refractivity contribution in [2.45, 2.75) is 44.3 Å². The van der Waals surface area contributed by atoms with Gasteiger partial charge in [-0.15, -0.1) is 0 Å². The van der Waals surface area contributed by atoms with Crippen molar-refractivity contribution < 1.29 is 0 Å². The Bertz CT molecular complexity index is 173. The molecule has 0 heterocycles. The molecule has 0 spiro atoms. The van der Waals surface area contributed by atoms with Gasteiger partial charge in [-0.2, -0.15) is 5.26 Å². The molecule has 0 amide bonds. The average molecular weight is 169 g/mol. The summed E-state index contributed by atoms with van der Waals surface area (Å²) in [7, 11) is 0. The zero-order valence-corrected chi connectivity index (χ0v) is 8.08. The number of thioether (sulfide) groups is 1. The highest BCUT2D eigenvalue weighted by atomic mass is 32.2. The molecule has 0 bridgehead atoms. The van der Waals surface area contributed by atoms with E-state index in [4.69, 9.17) is 5.26 Å². The van der Waals surface area contributed by atoms with Gasteiger partial charge in [0.1, 0.15) is 5.40 Å². The standard InChI is InChI=1S/C9H15NS/c1-8-5-3-4-6-9(8,2)11-7-10/h8H,3-6H2,1-2H3. The van der Waals surface area contributed by atoms with E-state index >= 15 is 0 Å². The minimum atomic E-state index is 0.243. The normalized spacial score (nSPS) is 38.1. The Hall–Kier alpha value is -0.160. The van der Waals surface area contributed by atoms with Crippen molar-refractivity contribution in [1.82, 2.24) is 0 Å². The zero-order chi connectivity index (χ0) is 8.32. The van der Waals surface area contributed by atoms with Crippen LogP contribution in [0.3, 0.4) is 0 Å². The van der Waals surface area contributed by atoms with Crippen LogP contribution < -0.4 is 0 Å². The SMILES string of the molecule is CC1CCCCC1(C)SC#N. The van der Waals surface area contributed by atoms with Gasteiger partial charge in [0.15, 0.2) is 0 Å². The Labute approximate surface area is 73.2 Å². The minimum Gasteiger partial charge on any atom is -0.185 e. The van der Waals surface area contributed by atoms with Gasteiger partial charge < -0.3 is 0 Å². The van der Waals surface area contributed by atoms with E-state index in [1.807, 2.05) is 0 Å². The smallest absolute Gasteiger partial charge is 0.133 e. The van der Waals surface area contributed by atoms with Gasteiger partial charge in [0.25, 0.3) is 0 Å². The van der Waals surface area contributed by atoms with Crippen molar-refractivity contribution in [2.24, 2.45) is 5.92 Å². The summed E-state index contributed by atoms with van der Waals surface area (Å²) < 4.78 is 0.243. The van der Waals surface area contributed by atoms with E-state index in [9.17, 15) is 0 Å². The van der Waals surface area contributed by atoms with Crippen molar-refractivity contribution in [2.75, 3.05) is 0 Å². The topological polar surface area (TPSA) is 23.8 Å². The van der Waals surface area contributed by atoms with Crippen molar-refractivity contribution in [3.63, 3.8) is 0 Å². The van der Waals surface area contributed by atoms with Crippen LogP contribution in [0.1, 0.15) is 39.5 Å². The number of hydrogen-bond donors (Lipinski definition) is 0. The highest BCUT2D eigenvalue weighted by Crippen LogP contribution is 2.42. The quantitative estimate of drug-likeness (QED) is 0.563. The third-order valence-electron chi connectivity index (χ3n) is 2.88. The molecule has 0 radical (unpaired) electrons. The van der Waals surface area contributed by atoms with Gasteiger partial charge in [-0.05, 0) is 37.4 Å². The molecular weight excluding hydrogens is 154 g/mol. The van der Waals surface area contributed by atoms with E-state index in [1.165, 1.54) is 37.4 Å². The summed E-state index contributed by atoms with van der Waals surface area (Å²) in [5.41, 5.74) is 0. The summed E-state index contributed by atoms with van der Waals surface area (Å²) >= 11 is 1.47. The molecule has 2 heteroatoms. The van der Waals surface area contributed by atoms with Crippen LogP contribution in [0.15, 0.2) is 0 Å². The lowest BCUT2D eigenvalue weighted by Gasteiger charge is -2.36. The Morgan fingerprint density at radius 3 is 2.82 bits per heavy atom. The van der Waals surface area contributed by atoms with E-state index in [0.29, 0.717) is 5.92 Å². The maximum absolute atomic E-state index is 8.61. The Kier molecular flexibility index (Phi) is 2.84. The first kappa shape index (κ1) is 8.93. The van der Waals surface area contributed by atoms with Crippen LogP contribution in [0, 0.1) is 16.6 Å². The summed E-state index contributed by atoms with van der Waals surface area (Å²) in [4.78, 5) is 0. The van der Waals surface area contributed by atoms with Crippen molar-refractivity contribution in [1.29, 1.82) is 5.26 Å². The number of nitriles is 1. The fourth-order valence-electron chi connectivity index (χ4n) is 1.73. The highest BCUT2D eigenvalue weighted by Gasteiger charge is 2.34. The molecule has 0 aliphatic heterocycles. The van der Waals surface area contributed by atoms with Gasteiger partial charge >= 0.3 is 0 Å². The lowest BCUT2D eigenvalue weighted by molar-refractivity contribution is 0.313. The van der Waals surface area contributed by atoms with Crippen LogP contribution >= 0.6 is 11.8 Å². The van der Waals surface area contributed by atoms with E-state index < -0.39 is 0 Å². The second-order valence-corrected chi connectivity index (χ2v) is 4.97. The largest absolute Gasteiger partial charge is 0.185 e.